The Morgan fingerprint density at radius 3 is 2.68 bits per heavy atom. The maximum absolute atomic E-state index is 13.9. The molecule has 0 radical (unpaired) electrons. The molecule has 3 rings (SSSR count). The first-order valence-electron chi connectivity index (χ1n) is 6.05. The fourth-order valence-corrected chi connectivity index (χ4v) is 2.65. The first kappa shape index (κ1) is 12.8. The number of hydrogen-bond donors (Lipinski definition) is 1. The van der Waals surface area contributed by atoms with Crippen molar-refractivity contribution in [1.29, 1.82) is 0 Å². The summed E-state index contributed by atoms with van der Waals surface area (Å²) in [5, 5.41) is 0. The van der Waals surface area contributed by atoms with E-state index in [-0.39, 0.29) is 5.82 Å². The van der Waals surface area contributed by atoms with Gasteiger partial charge >= 0.3 is 0 Å². The molecule has 0 bridgehead atoms. The van der Waals surface area contributed by atoms with E-state index in [1.54, 1.807) is 12.1 Å². The van der Waals surface area contributed by atoms with Gasteiger partial charge in [0.1, 0.15) is 5.82 Å². The van der Waals surface area contributed by atoms with Crippen molar-refractivity contribution in [2.75, 3.05) is 0 Å². The van der Waals surface area contributed by atoms with Crippen molar-refractivity contribution in [2.45, 2.75) is 19.3 Å². The van der Waals surface area contributed by atoms with Crippen LogP contribution in [0.5, 0.6) is 0 Å². The molecule has 1 atom stereocenters. The molecule has 1 unspecified atom stereocenters. The quantitative estimate of drug-likeness (QED) is 0.916. The summed E-state index contributed by atoms with van der Waals surface area (Å²) in [7, 11) is 0. The Bertz CT molecular complexity index is 630. The van der Waals surface area contributed by atoms with Gasteiger partial charge in [0.2, 0.25) is 0 Å². The van der Waals surface area contributed by atoms with Crippen molar-refractivity contribution in [2.24, 2.45) is 5.73 Å². The predicted octanol–water partition coefficient (Wildman–Crippen LogP) is 3.67. The van der Waals surface area contributed by atoms with Crippen LogP contribution in [0.3, 0.4) is 0 Å². The van der Waals surface area contributed by atoms with E-state index >= 15 is 0 Å². The van der Waals surface area contributed by atoms with Crippen LogP contribution in [0, 0.1) is 5.82 Å². The standard InChI is InChI=1S/C15H13BrFNO/c16-12-3-4-13(14(17)6-12)15(18)9-1-2-10-7-19-8-11(10)5-9/h1-6,15H,7-8,18H2. The third kappa shape index (κ3) is 2.43. The second kappa shape index (κ2) is 5.04. The highest BCUT2D eigenvalue weighted by Gasteiger charge is 2.17. The van der Waals surface area contributed by atoms with Crippen LogP contribution in [0.25, 0.3) is 0 Å². The number of ether oxygens (including phenoxy) is 1. The summed E-state index contributed by atoms with van der Waals surface area (Å²) in [5.74, 6) is -0.293. The molecule has 1 heterocycles. The van der Waals surface area contributed by atoms with E-state index in [2.05, 4.69) is 15.9 Å². The monoisotopic (exact) mass is 321 g/mol. The maximum Gasteiger partial charge on any atom is 0.129 e. The van der Waals surface area contributed by atoms with Crippen LogP contribution in [0.15, 0.2) is 40.9 Å². The number of halogens is 2. The smallest absolute Gasteiger partial charge is 0.129 e. The zero-order valence-corrected chi connectivity index (χ0v) is 11.8. The van der Waals surface area contributed by atoms with E-state index in [1.165, 1.54) is 11.6 Å². The average Bonchev–Trinajstić information content (AvgIpc) is 2.85. The molecule has 2 nitrogen and oxygen atoms in total. The number of rotatable bonds is 2. The Balaban J connectivity index is 1.97. The van der Waals surface area contributed by atoms with Crippen molar-refractivity contribution in [3.05, 3.63) is 68.9 Å². The van der Waals surface area contributed by atoms with Crippen molar-refractivity contribution in [1.82, 2.24) is 0 Å². The van der Waals surface area contributed by atoms with Crippen molar-refractivity contribution >= 4 is 15.9 Å². The Labute approximate surface area is 119 Å². The van der Waals surface area contributed by atoms with Crippen molar-refractivity contribution in [3.8, 4) is 0 Å². The number of nitrogens with two attached hydrogens (primary N) is 1. The van der Waals surface area contributed by atoms with Crippen molar-refractivity contribution < 1.29 is 9.13 Å². The van der Waals surface area contributed by atoms with Gasteiger partial charge in [0.05, 0.1) is 19.3 Å². The zero-order valence-electron chi connectivity index (χ0n) is 10.2. The van der Waals surface area contributed by atoms with Crippen LogP contribution >= 0.6 is 15.9 Å². The molecule has 1 aliphatic heterocycles. The lowest BCUT2D eigenvalue weighted by Crippen LogP contribution is -2.14. The van der Waals surface area contributed by atoms with E-state index in [1.807, 2.05) is 18.2 Å². The molecule has 0 saturated carbocycles. The zero-order chi connectivity index (χ0) is 13.4. The van der Waals surface area contributed by atoms with Gasteiger partial charge in [-0.05, 0) is 28.8 Å². The van der Waals surface area contributed by atoms with Gasteiger partial charge in [-0.1, -0.05) is 40.2 Å². The highest BCUT2D eigenvalue weighted by Crippen LogP contribution is 2.28. The minimum absolute atomic E-state index is 0.293. The highest BCUT2D eigenvalue weighted by atomic mass is 79.9. The second-order valence-electron chi connectivity index (χ2n) is 4.66. The fraction of sp³-hybridized carbons (Fsp3) is 0.200. The van der Waals surface area contributed by atoms with E-state index in [0.29, 0.717) is 23.2 Å². The van der Waals surface area contributed by atoms with Crippen LogP contribution in [0.2, 0.25) is 0 Å². The molecule has 98 valence electrons. The summed E-state index contributed by atoms with van der Waals surface area (Å²) >= 11 is 3.24. The van der Waals surface area contributed by atoms with Gasteiger partial charge in [-0.2, -0.15) is 0 Å². The lowest BCUT2D eigenvalue weighted by atomic mass is 9.96. The summed E-state index contributed by atoms with van der Waals surface area (Å²) in [4.78, 5) is 0. The van der Waals surface area contributed by atoms with Crippen LogP contribution < -0.4 is 5.73 Å². The van der Waals surface area contributed by atoms with Gasteiger partial charge in [-0.3, -0.25) is 0 Å². The van der Waals surface area contributed by atoms with Crippen LogP contribution in [-0.2, 0) is 18.0 Å². The molecule has 0 saturated heterocycles. The Morgan fingerprint density at radius 2 is 1.89 bits per heavy atom. The fourth-order valence-electron chi connectivity index (χ4n) is 2.32. The Morgan fingerprint density at radius 1 is 1.11 bits per heavy atom. The largest absolute Gasteiger partial charge is 0.372 e. The van der Waals surface area contributed by atoms with E-state index in [9.17, 15) is 4.39 Å². The molecule has 4 heteroatoms. The Kier molecular flexibility index (Phi) is 3.39. The predicted molar refractivity (Wildman–Crippen MR) is 75.1 cm³/mol. The molecular weight excluding hydrogens is 309 g/mol. The summed E-state index contributed by atoms with van der Waals surface area (Å²) < 4.78 is 20.0. The molecule has 0 aliphatic carbocycles. The molecule has 2 aromatic rings. The summed E-state index contributed by atoms with van der Waals surface area (Å²) in [5.41, 5.74) is 9.91. The van der Waals surface area contributed by atoms with Gasteiger partial charge in [-0.15, -0.1) is 0 Å². The van der Waals surface area contributed by atoms with Crippen LogP contribution in [0.4, 0.5) is 4.39 Å². The van der Waals surface area contributed by atoms with Gasteiger partial charge < -0.3 is 10.5 Å². The van der Waals surface area contributed by atoms with Gasteiger partial charge in [-0.25, -0.2) is 4.39 Å². The van der Waals surface area contributed by atoms with E-state index < -0.39 is 6.04 Å². The summed E-state index contributed by atoms with van der Waals surface area (Å²) in [6, 6.07) is 10.5. The Hall–Kier alpha value is -1.23. The molecule has 0 fully saturated rings. The lowest BCUT2D eigenvalue weighted by molar-refractivity contribution is 0.134. The molecule has 0 amide bonds. The molecule has 2 N–H and O–H groups in total. The van der Waals surface area contributed by atoms with E-state index in [4.69, 9.17) is 10.5 Å². The number of benzene rings is 2. The second-order valence-corrected chi connectivity index (χ2v) is 5.58. The molecule has 0 aromatic heterocycles. The van der Waals surface area contributed by atoms with Gasteiger partial charge in [0, 0.05) is 10.0 Å². The first-order chi connectivity index (χ1) is 9.15. The SMILES string of the molecule is NC(c1ccc2c(c1)COC2)c1ccc(Br)cc1F. The molecule has 1 aliphatic rings. The van der Waals surface area contributed by atoms with Gasteiger partial charge in [0.15, 0.2) is 0 Å². The first-order valence-corrected chi connectivity index (χ1v) is 6.84. The molecule has 0 spiro atoms. The summed E-state index contributed by atoms with van der Waals surface area (Å²) in [6.45, 7) is 1.26. The third-order valence-corrected chi connectivity index (χ3v) is 3.90. The number of hydrogen-bond acceptors (Lipinski definition) is 2. The van der Waals surface area contributed by atoms with Crippen molar-refractivity contribution in [3.63, 3.8) is 0 Å². The van der Waals surface area contributed by atoms with Gasteiger partial charge in [0.25, 0.3) is 0 Å². The van der Waals surface area contributed by atoms with Crippen LogP contribution in [-0.4, -0.2) is 0 Å². The normalized spacial score (nSPS) is 15.3. The number of fused-ring (bicyclic) bond motifs is 1. The highest BCUT2D eigenvalue weighted by molar-refractivity contribution is 9.10. The molecular formula is C15H13BrFNO. The molecule has 19 heavy (non-hydrogen) atoms. The third-order valence-electron chi connectivity index (χ3n) is 3.40. The lowest BCUT2D eigenvalue weighted by Gasteiger charge is -2.14. The topological polar surface area (TPSA) is 35.2 Å². The minimum atomic E-state index is -0.459. The minimum Gasteiger partial charge on any atom is -0.372 e. The van der Waals surface area contributed by atoms with Crippen LogP contribution in [0.1, 0.15) is 28.3 Å². The summed E-state index contributed by atoms with van der Waals surface area (Å²) in [6.07, 6.45) is 0. The maximum atomic E-state index is 13.9. The van der Waals surface area contributed by atoms with E-state index in [0.717, 1.165) is 11.1 Å². The average molecular weight is 322 g/mol. The molecule has 2 aromatic carbocycles.